The van der Waals surface area contributed by atoms with E-state index in [1.165, 1.54) is 23.3 Å². The van der Waals surface area contributed by atoms with E-state index in [9.17, 15) is 9.59 Å². The number of anilines is 1. The van der Waals surface area contributed by atoms with Gasteiger partial charge in [-0.2, -0.15) is 0 Å². The molecule has 3 aliphatic carbocycles. The summed E-state index contributed by atoms with van der Waals surface area (Å²) in [4.78, 5) is 28.2. The van der Waals surface area contributed by atoms with Crippen molar-refractivity contribution in [3.63, 3.8) is 0 Å². The summed E-state index contributed by atoms with van der Waals surface area (Å²) >= 11 is 1.73. The second-order valence-electron chi connectivity index (χ2n) is 9.11. The van der Waals surface area contributed by atoms with E-state index < -0.39 is 0 Å². The molecular weight excluding hydrogens is 396 g/mol. The molecule has 30 heavy (non-hydrogen) atoms. The maximum Gasteiger partial charge on any atom is 0.224 e. The van der Waals surface area contributed by atoms with Gasteiger partial charge in [-0.05, 0) is 56.9 Å². The maximum absolute atomic E-state index is 13.3. The van der Waals surface area contributed by atoms with Crippen molar-refractivity contribution in [3.8, 4) is 0 Å². The summed E-state index contributed by atoms with van der Waals surface area (Å²) in [5.74, 6) is 2.37. The van der Waals surface area contributed by atoms with Crippen molar-refractivity contribution >= 4 is 28.9 Å². The highest BCUT2D eigenvalue weighted by Gasteiger charge is 2.34. The summed E-state index contributed by atoms with van der Waals surface area (Å²) in [5, 5.41) is 11.6. The number of carbonyl (C=O) groups excluding carboxylic acids is 2. The number of ketones is 2. The van der Waals surface area contributed by atoms with Crippen LogP contribution in [0.4, 0.5) is 5.95 Å². The van der Waals surface area contributed by atoms with Crippen LogP contribution in [-0.4, -0.2) is 32.9 Å². The Hall–Kier alpha value is -2.02. The quantitative estimate of drug-likeness (QED) is 0.570. The second kappa shape index (κ2) is 8.25. The summed E-state index contributed by atoms with van der Waals surface area (Å²) in [6.07, 6.45) is 11.2. The molecule has 5 rings (SSSR count). The number of hydrogen-bond acceptors (Lipinski definition) is 6. The van der Waals surface area contributed by atoms with Crippen LogP contribution in [0.5, 0.6) is 0 Å². The number of nitrogens with one attached hydrogen (secondary N) is 1. The lowest BCUT2D eigenvalue weighted by Crippen LogP contribution is -2.21. The Balaban J connectivity index is 1.43. The van der Waals surface area contributed by atoms with Crippen molar-refractivity contribution in [1.82, 2.24) is 14.8 Å². The first-order valence-corrected chi connectivity index (χ1v) is 12.3. The average Bonchev–Trinajstić information content (AvgIpc) is 3.66. The van der Waals surface area contributed by atoms with Gasteiger partial charge in [0.05, 0.1) is 0 Å². The zero-order valence-electron chi connectivity index (χ0n) is 17.7. The number of thiophene rings is 1. The van der Waals surface area contributed by atoms with Crippen LogP contribution in [-0.2, 0) is 24.1 Å². The van der Waals surface area contributed by atoms with Gasteiger partial charge >= 0.3 is 0 Å². The number of aryl methyl sites for hydroxylation is 1. The van der Waals surface area contributed by atoms with E-state index in [1.807, 2.05) is 0 Å². The molecule has 0 amide bonds. The fraction of sp³-hybridized carbons (Fsp3) is 0.652. The van der Waals surface area contributed by atoms with Crippen LogP contribution < -0.4 is 5.32 Å². The minimum Gasteiger partial charge on any atom is -0.355 e. The lowest BCUT2D eigenvalue weighted by molar-refractivity contribution is -0.119. The van der Waals surface area contributed by atoms with E-state index >= 15 is 0 Å². The normalized spacial score (nSPS) is 20.8. The van der Waals surface area contributed by atoms with Crippen LogP contribution >= 0.6 is 11.3 Å². The van der Waals surface area contributed by atoms with Crippen molar-refractivity contribution in [1.29, 1.82) is 0 Å². The van der Waals surface area contributed by atoms with Gasteiger partial charge in [-0.3, -0.25) is 14.2 Å². The van der Waals surface area contributed by atoms with Gasteiger partial charge in [-0.15, -0.1) is 21.5 Å². The molecule has 0 bridgehead atoms. The van der Waals surface area contributed by atoms with E-state index in [4.69, 9.17) is 0 Å². The zero-order valence-corrected chi connectivity index (χ0v) is 18.5. The SMILES string of the molecule is CCNc1nncn1[C@H]1CCc2sc(CC(=O)C3CC3)c(C(=O)CCC3CC3)c2C1. The third-order valence-corrected chi connectivity index (χ3v) is 8.02. The third kappa shape index (κ3) is 4.09. The second-order valence-corrected chi connectivity index (χ2v) is 10.3. The predicted molar refractivity (Wildman–Crippen MR) is 117 cm³/mol. The van der Waals surface area contributed by atoms with E-state index in [2.05, 4.69) is 27.0 Å². The molecule has 2 saturated carbocycles. The van der Waals surface area contributed by atoms with Gasteiger partial charge < -0.3 is 5.32 Å². The average molecular weight is 427 g/mol. The number of nitrogens with zero attached hydrogens (tertiary/aromatic N) is 3. The molecule has 2 heterocycles. The molecule has 1 N–H and O–H groups in total. The van der Waals surface area contributed by atoms with E-state index in [1.54, 1.807) is 17.7 Å². The molecular formula is C23H30N4O2S. The highest BCUT2D eigenvalue weighted by atomic mass is 32.1. The molecule has 7 heteroatoms. The molecule has 160 valence electrons. The Morgan fingerprint density at radius 3 is 2.80 bits per heavy atom. The largest absolute Gasteiger partial charge is 0.355 e. The molecule has 0 radical (unpaired) electrons. The Bertz CT molecular complexity index is 955. The van der Waals surface area contributed by atoms with Gasteiger partial charge in [0.1, 0.15) is 12.1 Å². The van der Waals surface area contributed by atoms with E-state index in [0.717, 1.165) is 67.4 Å². The highest BCUT2D eigenvalue weighted by Crippen LogP contribution is 2.42. The number of hydrogen-bond donors (Lipinski definition) is 1. The summed E-state index contributed by atoms with van der Waals surface area (Å²) in [6, 6.07) is 0.248. The van der Waals surface area contributed by atoms with Crippen LogP contribution in [0.2, 0.25) is 0 Å². The van der Waals surface area contributed by atoms with Gasteiger partial charge in [0.25, 0.3) is 0 Å². The standard InChI is InChI=1S/C23H30N4O2S/c1-2-24-23-26-25-13-27(23)16-8-10-20-17(11-16)22(18(28)9-5-14-3-4-14)21(30-20)12-19(29)15-6-7-15/h13-16H,2-12H2,1H3,(H,24,26)/t16-/m0/s1. The molecule has 2 aromatic rings. The predicted octanol–water partition coefficient (Wildman–Crippen LogP) is 4.40. The molecule has 0 saturated heterocycles. The number of fused-ring (bicyclic) bond motifs is 1. The molecule has 2 aromatic heterocycles. The van der Waals surface area contributed by atoms with Gasteiger partial charge in [0.2, 0.25) is 5.95 Å². The minimum atomic E-state index is 0.242. The first-order valence-electron chi connectivity index (χ1n) is 11.5. The van der Waals surface area contributed by atoms with Gasteiger partial charge in [0.15, 0.2) is 5.78 Å². The Morgan fingerprint density at radius 1 is 1.23 bits per heavy atom. The molecule has 3 aliphatic rings. The van der Waals surface area contributed by atoms with Crippen LogP contribution in [0.25, 0.3) is 0 Å². The number of carbonyl (C=O) groups is 2. The molecule has 0 unspecified atom stereocenters. The van der Waals surface area contributed by atoms with Crippen molar-refractivity contribution in [2.24, 2.45) is 11.8 Å². The Morgan fingerprint density at radius 2 is 2.07 bits per heavy atom. The Kier molecular flexibility index (Phi) is 5.48. The molecule has 0 spiro atoms. The lowest BCUT2D eigenvalue weighted by Gasteiger charge is -2.25. The van der Waals surface area contributed by atoms with Crippen LogP contribution in [0, 0.1) is 11.8 Å². The first kappa shape index (κ1) is 19.9. The summed E-state index contributed by atoms with van der Waals surface area (Å²) < 4.78 is 2.12. The van der Waals surface area contributed by atoms with Crippen molar-refractivity contribution < 1.29 is 9.59 Å². The van der Waals surface area contributed by atoms with Crippen LogP contribution in [0.3, 0.4) is 0 Å². The summed E-state index contributed by atoms with van der Waals surface area (Å²) in [6.45, 7) is 2.85. The topological polar surface area (TPSA) is 76.9 Å². The minimum absolute atomic E-state index is 0.242. The van der Waals surface area contributed by atoms with E-state index in [-0.39, 0.29) is 17.7 Å². The molecule has 0 aromatic carbocycles. The van der Waals surface area contributed by atoms with Crippen molar-refractivity contribution in [2.75, 3.05) is 11.9 Å². The smallest absolute Gasteiger partial charge is 0.224 e. The van der Waals surface area contributed by atoms with Crippen molar-refractivity contribution in [3.05, 3.63) is 27.2 Å². The number of rotatable bonds is 10. The monoisotopic (exact) mass is 426 g/mol. The molecule has 6 nitrogen and oxygen atoms in total. The van der Waals surface area contributed by atoms with Crippen molar-refractivity contribution in [2.45, 2.75) is 77.2 Å². The lowest BCUT2D eigenvalue weighted by atomic mass is 9.88. The van der Waals surface area contributed by atoms with Gasteiger partial charge in [-0.1, -0.05) is 12.8 Å². The molecule has 2 fully saturated rings. The molecule has 0 aliphatic heterocycles. The number of aromatic nitrogens is 3. The fourth-order valence-corrected chi connectivity index (χ4v) is 6.06. The fourth-order valence-electron chi connectivity index (χ4n) is 4.68. The van der Waals surface area contributed by atoms with Gasteiger partial charge in [-0.25, -0.2) is 0 Å². The first-order chi connectivity index (χ1) is 14.6. The van der Waals surface area contributed by atoms with E-state index in [0.29, 0.717) is 18.6 Å². The van der Waals surface area contributed by atoms with Gasteiger partial charge in [0, 0.05) is 46.7 Å². The third-order valence-electron chi connectivity index (χ3n) is 6.73. The highest BCUT2D eigenvalue weighted by molar-refractivity contribution is 7.12. The maximum atomic E-state index is 13.3. The molecule has 1 atom stereocenters. The summed E-state index contributed by atoms with van der Waals surface area (Å²) in [7, 11) is 0. The van der Waals surface area contributed by atoms with Crippen LogP contribution in [0.1, 0.15) is 83.6 Å². The summed E-state index contributed by atoms with van der Waals surface area (Å²) in [5.41, 5.74) is 2.10. The van der Waals surface area contributed by atoms with Crippen LogP contribution in [0.15, 0.2) is 6.33 Å². The zero-order chi connectivity index (χ0) is 20.7. The Labute approximate surface area is 181 Å². The number of Topliss-reactive ketones (excluding diaryl/α,β-unsaturated/α-hetero) is 2.